The number of nitrogens with zero attached hydrogens (tertiary/aromatic N) is 2. The Labute approximate surface area is 253 Å². The van der Waals surface area contributed by atoms with Crippen molar-refractivity contribution in [2.45, 2.75) is 45.6 Å². The third-order valence-electron chi connectivity index (χ3n) is 7.10. The fourth-order valence-electron chi connectivity index (χ4n) is 4.93. The molecule has 1 N–H and O–H groups in total. The first kappa shape index (κ1) is 30.0. The maximum atomic E-state index is 14.0. The lowest BCUT2D eigenvalue weighted by Crippen LogP contribution is -2.29. The third-order valence-corrected chi connectivity index (χ3v) is 8.12. The number of aromatic nitrogens is 1. The Kier molecular flexibility index (Phi) is 9.25. The number of rotatable bonds is 12. The van der Waals surface area contributed by atoms with Gasteiger partial charge in [-0.2, -0.15) is 0 Å². The lowest BCUT2D eigenvalue weighted by atomic mass is 9.95. The van der Waals surface area contributed by atoms with Gasteiger partial charge in [0.2, 0.25) is 0 Å². The van der Waals surface area contributed by atoms with Crippen molar-refractivity contribution >= 4 is 44.1 Å². The molecule has 1 fully saturated rings. The molecule has 43 heavy (non-hydrogen) atoms. The number of thiazole rings is 1. The van der Waals surface area contributed by atoms with E-state index in [1.165, 1.54) is 30.2 Å². The van der Waals surface area contributed by atoms with Crippen LogP contribution in [0.3, 0.4) is 0 Å². The number of ketones is 1. The van der Waals surface area contributed by atoms with Gasteiger partial charge in [0.05, 0.1) is 42.2 Å². The minimum absolute atomic E-state index is 0.101. The van der Waals surface area contributed by atoms with Crippen LogP contribution < -0.4 is 19.1 Å². The number of carbonyl (C=O) groups excluding carboxylic acids is 2. The molecular weight excluding hydrogens is 571 g/mol. The minimum atomic E-state index is -1.04. The molecule has 3 aromatic carbocycles. The van der Waals surface area contributed by atoms with Gasteiger partial charge in [0.25, 0.3) is 5.78 Å². The molecule has 0 aliphatic carbocycles. The number of aliphatic hydroxyl groups is 1. The number of halogens is 1. The van der Waals surface area contributed by atoms with Gasteiger partial charge in [0, 0.05) is 5.56 Å². The molecule has 224 valence electrons. The summed E-state index contributed by atoms with van der Waals surface area (Å²) in [6.07, 6.45) is 3.83. The second kappa shape index (κ2) is 13.2. The third kappa shape index (κ3) is 6.19. The number of carbonyl (C=O) groups is 2. The molecule has 10 heteroatoms. The molecule has 1 unspecified atom stereocenters. The van der Waals surface area contributed by atoms with Crippen LogP contribution in [-0.2, 0) is 9.59 Å². The van der Waals surface area contributed by atoms with Gasteiger partial charge >= 0.3 is 5.91 Å². The van der Waals surface area contributed by atoms with Gasteiger partial charge in [-0.3, -0.25) is 14.5 Å². The zero-order valence-corrected chi connectivity index (χ0v) is 25.1. The molecule has 5 rings (SSSR count). The fraction of sp³-hybridized carbons (Fsp3) is 0.303. The van der Waals surface area contributed by atoms with Crippen LogP contribution in [0.25, 0.3) is 16.0 Å². The number of amides is 1. The van der Waals surface area contributed by atoms with Crippen LogP contribution in [0.2, 0.25) is 0 Å². The first-order valence-corrected chi connectivity index (χ1v) is 15.1. The molecule has 2 heterocycles. The highest BCUT2D eigenvalue weighted by atomic mass is 32.1. The van der Waals surface area contributed by atoms with Gasteiger partial charge in [-0.15, -0.1) is 0 Å². The van der Waals surface area contributed by atoms with E-state index in [1.54, 1.807) is 42.5 Å². The predicted octanol–water partition coefficient (Wildman–Crippen LogP) is 7.43. The molecule has 1 aliphatic rings. The van der Waals surface area contributed by atoms with Crippen molar-refractivity contribution in [1.29, 1.82) is 0 Å². The Balaban J connectivity index is 1.62. The number of anilines is 1. The summed E-state index contributed by atoms with van der Waals surface area (Å²) in [4.78, 5) is 33.0. The number of aliphatic hydroxyl groups excluding tert-OH is 1. The quantitative estimate of drug-likeness (QED) is 0.0777. The Morgan fingerprint density at radius 2 is 1.74 bits per heavy atom. The maximum absolute atomic E-state index is 14.0. The van der Waals surface area contributed by atoms with E-state index in [1.807, 2.05) is 6.92 Å². The maximum Gasteiger partial charge on any atom is 0.301 e. The summed E-state index contributed by atoms with van der Waals surface area (Å²) in [7, 11) is 1.51. The average molecular weight is 605 g/mol. The number of ether oxygens (including phenoxy) is 3. The number of unbranched alkanes of at least 4 members (excludes halogenated alkanes) is 2. The molecular formula is C33H33FN2O6S. The molecule has 0 spiro atoms. The van der Waals surface area contributed by atoms with Gasteiger partial charge < -0.3 is 19.3 Å². The Morgan fingerprint density at radius 3 is 2.47 bits per heavy atom. The number of fused-ring (bicyclic) bond motifs is 1. The van der Waals surface area contributed by atoms with Crippen molar-refractivity contribution in [3.8, 4) is 17.2 Å². The van der Waals surface area contributed by atoms with E-state index in [4.69, 9.17) is 14.2 Å². The van der Waals surface area contributed by atoms with Crippen molar-refractivity contribution in [3.05, 3.63) is 83.2 Å². The minimum Gasteiger partial charge on any atom is -0.507 e. The van der Waals surface area contributed by atoms with Crippen LogP contribution in [0.1, 0.15) is 56.7 Å². The highest BCUT2D eigenvalue weighted by Gasteiger charge is 2.48. The summed E-state index contributed by atoms with van der Waals surface area (Å²) < 4.78 is 31.7. The molecule has 1 atom stereocenters. The molecule has 0 bridgehead atoms. The van der Waals surface area contributed by atoms with Crippen molar-refractivity contribution < 1.29 is 33.3 Å². The lowest BCUT2D eigenvalue weighted by molar-refractivity contribution is -0.132. The number of Topliss-reactive ketones (excluding diaryl/α,β-unsaturated/α-hetero) is 1. The Hall–Kier alpha value is -4.44. The molecule has 1 saturated heterocycles. The van der Waals surface area contributed by atoms with Gasteiger partial charge in [0.15, 0.2) is 16.6 Å². The first-order chi connectivity index (χ1) is 20.9. The molecule has 0 saturated carbocycles. The van der Waals surface area contributed by atoms with E-state index in [2.05, 4.69) is 11.9 Å². The van der Waals surface area contributed by atoms with E-state index in [9.17, 15) is 19.1 Å². The van der Waals surface area contributed by atoms with Gasteiger partial charge in [-0.05, 0) is 73.0 Å². The lowest BCUT2D eigenvalue weighted by Gasteiger charge is -2.24. The number of methoxy groups -OCH3 is 1. The standard InChI is InChI=1S/C33H33FN2O6S/c1-4-6-7-17-42-25-15-10-21(18-26(25)40-3)29-28(30(37)20-8-12-23(13-9-20)41-16-5-2)31(38)32(39)36(29)33-35-24-14-11-22(34)19-27(24)43-33/h8-15,18-19,29,37H,4-7,16-17H2,1-3H3. The van der Waals surface area contributed by atoms with Crippen LogP contribution in [0.15, 0.2) is 66.2 Å². The summed E-state index contributed by atoms with van der Waals surface area (Å²) in [5.74, 6) is -0.922. The van der Waals surface area contributed by atoms with E-state index < -0.39 is 23.5 Å². The predicted molar refractivity (Wildman–Crippen MR) is 165 cm³/mol. The zero-order chi connectivity index (χ0) is 30.5. The van der Waals surface area contributed by atoms with Crippen molar-refractivity contribution in [3.63, 3.8) is 0 Å². The van der Waals surface area contributed by atoms with Gasteiger partial charge in [-0.1, -0.05) is 44.1 Å². The van der Waals surface area contributed by atoms with E-state index in [-0.39, 0.29) is 16.5 Å². The molecule has 0 radical (unpaired) electrons. The largest absolute Gasteiger partial charge is 0.507 e. The van der Waals surface area contributed by atoms with E-state index >= 15 is 0 Å². The van der Waals surface area contributed by atoms with E-state index in [0.29, 0.717) is 51.8 Å². The van der Waals surface area contributed by atoms with E-state index in [0.717, 1.165) is 37.0 Å². The van der Waals surface area contributed by atoms with Crippen LogP contribution in [-0.4, -0.2) is 42.1 Å². The van der Waals surface area contributed by atoms with Gasteiger partial charge in [-0.25, -0.2) is 9.37 Å². The Bertz CT molecular complexity index is 1670. The molecule has 1 aliphatic heterocycles. The average Bonchev–Trinajstić information content (AvgIpc) is 3.55. The second-order valence-corrected chi connectivity index (χ2v) is 11.1. The molecule has 1 amide bonds. The monoisotopic (exact) mass is 604 g/mol. The highest BCUT2D eigenvalue weighted by Crippen LogP contribution is 2.46. The van der Waals surface area contributed by atoms with Crippen molar-refractivity contribution in [1.82, 2.24) is 4.98 Å². The molecule has 4 aromatic rings. The van der Waals surface area contributed by atoms with Gasteiger partial charge in [0.1, 0.15) is 17.3 Å². The smallest absolute Gasteiger partial charge is 0.301 e. The summed E-state index contributed by atoms with van der Waals surface area (Å²) in [6.45, 7) is 5.18. The van der Waals surface area contributed by atoms with Crippen molar-refractivity contribution in [2.24, 2.45) is 0 Å². The summed E-state index contributed by atoms with van der Waals surface area (Å²) in [5, 5.41) is 11.7. The number of hydrogen-bond donors (Lipinski definition) is 1. The van der Waals surface area contributed by atoms with Crippen LogP contribution in [0.5, 0.6) is 17.2 Å². The SMILES string of the molecule is CCCCCOc1ccc(C2C(=C(O)c3ccc(OCCC)cc3)C(=O)C(=O)N2c2nc3ccc(F)cc3s2)cc1OC. The summed E-state index contributed by atoms with van der Waals surface area (Å²) >= 11 is 1.09. The number of benzene rings is 3. The first-order valence-electron chi connectivity index (χ1n) is 14.3. The van der Waals surface area contributed by atoms with Crippen LogP contribution in [0.4, 0.5) is 9.52 Å². The fourth-order valence-corrected chi connectivity index (χ4v) is 5.94. The molecule has 8 nitrogen and oxygen atoms in total. The number of hydrogen-bond acceptors (Lipinski definition) is 8. The highest BCUT2D eigenvalue weighted by molar-refractivity contribution is 7.22. The summed E-state index contributed by atoms with van der Waals surface area (Å²) in [6, 6.07) is 14.9. The molecule has 1 aromatic heterocycles. The zero-order valence-electron chi connectivity index (χ0n) is 24.3. The van der Waals surface area contributed by atoms with Crippen LogP contribution in [0, 0.1) is 5.82 Å². The van der Waals surface area contributed by atoms with Crippen molar-refractivity contribution in [2.75, 3.05) is 25.2 Å². The topological polar surface area (TPSA) is 98.2 Å². The summed E-state index contributed by atoms with van der Waals surface area (Å²) in [5.41, 5.74) is 1.24. The Morgan fingerprint density at radius 1 is 0.953 bits per heavy atom. The normalized spacial score (nSPS) is 16.2. The second-order valence-electron chi connectivity index (χ2n) is 10.1. The van der Waals surface area contributed by atoms with Crippen LogP contribution >= 0.6 is 11.3 Å².